The SMILES string of the molecule is NOCC1CCC([N+](=O)[O-])CC1. The van der Waals surface area contributed by atoms with E-state index in [1.165, 1.54) is 0 Å². The molecule has 0 aliphatic heterocycles. The molecule has 12 heavy (non-hydrogen) atoms. The van der Waals surface area contributed by atoms with E-state index in [4.69, 9.17) is 5.90 Å². The van der Waals surface area contributed by atoms with Crippen molar-refractivity contribution in [3.05, 3.63) is 10.1 Å². The third kappa shape index (κ3) is 2.42. The Morgan fingerprint density at radius 3 is 2.42 bits per heavy atom. The summed E-state index contributed by atoms with van der Waals surface area (Å²) in [5, 5.41) is 10.4. The van der Waals surface area contributed by atoms with Crippen molar-refractivity contribution >= 4 is 0 Å². The number of hydrogen-bond donors (Lipinski definition) is 1. The molecule has 1 rings (SSSR count). The lowest BCUT2D eigenvalue weighted by molar-refractivity contribution is -0.527. The Morgan fingerprint density at radius 1 is 1.42 bits per heavy atom. The molecule has 0 saturated heterocycles. The van der Waals surface area contributed by atoms with E-state index in [2.05, 4.69) is 4.84 Å². The molecule has 0 aromatic heterocycles. The summed E-state index contributed by atoms with van der Waals surface area (Å²) >= 11 is 0. The van der Waals surface area contributed by atoms with Gasteiger partial charge in [0, 0.05) is 17.8 Å². The lowest BCUT2D eigenvalue weighted by atomic mass is 9.87. The molecule has 1 aliphatic rings. The van der Waals surface area contributed by atoms with Gasteiger partial charge >= 0.3 is 0 Å². The molecule has 0 radical (unpaired) electrons. The van der Waals surface area contributed by atoms with Crippen LogP contribution in [-0.2, 0) is 4.84 Å². The van der Waals surface area contributed by atoms with Gasteiger partial charge in [0.1, 0.15) is 0 Å². The van der Waals surface area contributed by atoms with Gasteiger partial charge in [-0.25, -0.2) is 5.90 Å². The number of hydrogen-bond acceptors (Lipinski definition) is 4. The predicted octanol–water partition coefficient (Wildman–Crippen LogP) is 0.712. The fourth-order valence-corrected chi connectivity index (χ4v) is 1.66. The van der Waals surface area contributed by atoms with E-state index in [0.29, 0.717) is 25.4 Å². The van der Waals surface area contributed by atoms with Crippen molar-refractivity contribution in [1.29, 1.82) is 0 Å². The van der Waals surface area contributed by atoms with Crippen molar-refractivity contribution in [1.82, 2.24) is 0 Å². The number of nitrogens with zero attached hydrogens (tertiary/aromatic N) is 1. The zero-order chi connectivity index (χ0) is 8.97. The molecule has 0 amide bonds. The summed E-state index contributed by atoms with van der Waals surface area (Å²) < 4.78 is 0. The zero-order valence-corrected chi connectivity index (χ0v) is 6.94. The average Bonchev–Trinajstić information content (AvgIpc) is 2.06. The third-order valence-electron chi connectivity index (χ3n) is 2.45. The maximum atomic E-state index is 10.4. The van der Waals surface area contributed by atoms with Crippen molar-refractivity contribution in [2.45, 2.75) is 31.7 Å². The molecule has 1 fully saturated rings. The standard InChI is InChI=1S/C7H14N2O3/c8-12-5-6-1-3-7(4-2-6)9(10)11/h6-7H,1-5,8H2. The van der Waals surface area contributed by atoms with E-state index in [-0.39, 0.29) is 11.0 Å². The summed E-state index contributed by atoms with van der Waals surface area (Å²) in [4.78, 5) is 14.7. The molecule has 70 valence electrons. The minimum Gasteiger partial charge on any atom is -0.304 e. The van der Waals surface area contributed by atoms with Gasteiger partial charge < -0.3 is 4.84 Å². The number of nitrogens with two attached hydrogens (primary N) is 1. The molecule has 0 aromatic rings. The second kappa shape index (κ2) is 4.37. The van der Waals surface area contributed by atoms with Crippen molar-refractivity contribution in [3.8, 4) is 0 Å². The second-order valence-electron chi connectivity index (χ2n) is 3.29. The van der Waals surface area contributed by atoms with E-state index in [1.807, 2.05) is 0 Å². The van der Waals surface area contributed by atoms with Crippen LogP contribution < -0.4 is 5.90 Å². The molecule has 2 N–H and O–H groups in total. The van der Waals surface area contributed by atoms with E-state index in [9.17, 15) is 10.1 Å². The van der Waals surface area contributed by atoms with E-state index < -0.39 is 0 Å². The van der Waals surface area contributed by atoms with Crippen molar-refractivity contribution in [2.24, 2.45) is 11.8 Å². The maximum absolute atomic E-state index is 10.4. The average molecular weight is 174 g/mol. The van der Waals surface area contributed by atoms with E-state index in [0.717, 1.165) is 12.8 Å². The summed E-state index contributed by atoms with van der Waals surface area (Å²) in [6, 6.07) is -0.334. The normalized spacial score (nSPS) is 30.1. The largest absolute Gasteiger partial charge is 0.304 e. The smallest absolute Gasteiger partial charge is 0.213 e. The first-order valence-electron chi connectivity index (χ1n) is 4.19. The molecular weight excluding hydrogens is 160 g/mol. The van der Waals surface area contributed by atoms with Gasteiger partial charge in [-0.3, -0.25) is 10.1 Å². The molecule has 5 heteroatoms. The molecule has 0 spiro atoms. The molecule has 5 nitrogen and oxygen atoms in total. The summed E-state index contributed by atoms with van der Waals surface area (Å²) in [6.45, 7) is 0.532. The second-order valence-corrected chi connectivity index (χ2v) is 3.29. The van der Waals surface area contributed by atoms with Crippen LogP contribution in [0.2, 0.25) is 0 Å². The van der Waals surface area contributed by atoms with Crippen LogP contribution in [0.3, 0.4) is 0 Å². The lowest BCUT2D eigenvalue weighted by Crippen LogP contribution is -2.28. The Morgan fingerprint density at radius 2 is 2.00 bits per heavy atom. The minimum atomic E-state index is -0.334. The topological polar surface area (TPSA) is 78.4 Å². The van der Waals surface area contributed by atoms with Crippen LogP contribution in [0, 0.1) is 16.0 Å². The molecule has 0 bridgehead atoms. The summed E-state index contributed by atoms with van der Waals surface area (Å²) in [5.41, 5.74) is 0. The van der Waals surface area contributed by atoms with Gasteiger partial charge in [-0.15, -0.1) is 0 Å². The van der Waals surface area contributed by atoms with Crippen LogP contribution >= 0.6 is 0 Å². The highest BCUT2D eigenvalue weighted by atomic mass is 16.6. The first kappa shape index (κ1) is 9.41. The summed E-state index contributed by atoms with van der Waals surface area (Å²) in [6.07, 6.45) is 3.06. The summed E-state index contributed by atoms with van der Waals surface area (Å²) in [5.74, 6) is 5.34. The van der Waals surface area contributed by atoms with Gasteiger partial charge in [0.15, 0.2) is 0 Å². The van der Waals surface area contributed by atoms with Crippen LogP contribution in [-0.4, -0.2) is 17.6 Å². The quantitative estimate of drug-likeness (QED) is 0.505. The Bertz CT molecular complexity index is 155. The van der Waals surface area contributed by atoms with Gasteiger partial charge in [0.2, 0.25) is 6.04 Å². The van der Waals surface area contributed by atoms with Gasteiger partial charge in [0.25, 0.3) is 0 Å². The highest BCUT2D eigenvalue weighted by Crippen LogP contribution is 2.25. The highest BCUT2D eigenvalue weighted by Gasteiger charge is 2.28. The molecule has 1 aliphatic carbocycles. The molecular formula is C7H14N2O3. The van der Waals surface area contributed by atoms with Crippen LogP contribution in [0.25, 0.3) is 0 Å². The monoisotopic (exact) mass is 174 g/mol. The van der Waals surface area contributed by atoms with E-state index >= 15 is 0 Å². The third-order valence-corrected chi connectivity index (χ3v) is 2.45. The predicted molar refractivity (Wildman–Crippen MR) is 42.9 cm³/mol. The molecule has 0 aromatic carbocycles. The highest BCUT2D eigenvalue weighted by molar-refractivity contribution is 4.71. The number of rotatable bonds is 3. The van der Waals surface area contributed by atoms with E-state index in [1.54, 1.807) is 0 Å². The Hall–Kier alpha value is -0.680. The van der Waals surface area contributed by atoms with Gasteiger partial charge in [-0.05, 0) is 18.8 Å². The van der Waals surface area contributed by atoms with Crippen LogP contribution in [0.5, 0.6) is 0 Å². The van der Waals surface area contributed by atoms with Crippen LogP contribution in [0.15, 0.2) is 0 Å². The van der Waals surface area contributed by atoms with Crippen molar-refractivity contribution in [2.75, 3.05) is 6.61 Å². The zero-order valence-electron chi connectivity index (χ0n) is 6.94. The first-order chi connectivity index (χ1) is 5.74. The van der Waals surface area contributed by atoms with Gasteiger partial charge in [-0.1, -0.05) is 0 Å². The fraction of sp³-hybridized carbons (Fsp3) is 1.00. The van der Waals surface area contributed by atoms with Gasteiger partial charge in [0.05, 0.1) is 6.61 Å². The Kier molecular flexibility index (Phi) is 3.43. The van der Waals surface area contributed by atoms with Crippen LogP contribution in [0.1, 0.15) is 25.7 Å². The lowest BCUT2D eigenvalue weighted by Gasteiger charge is -2.22. The molecule has 0 unspecified atom stereocenters. The first-order valence-corrected chi connectivity index (χ1v) is 4.19. The summed E-state index contributed by atoms with van der Waals surface area (Å²) in [7, 11) is 0. The maximum Gasteiger partial charge on any atom is 0.213 e. The number of nitro groups is 1. The van der Waals surface area contributed by atoms with Gasteiger partial charge in [-0.2, -0.15) is 0 Å². The minimum absolute atomic E-state index is 0.181. The van der Waals surface area contributed by atoms with Crippen molar-refractivity contribution < 1.29 is 9.76 Å². The van der Waals surface area contributed by atoms with Crippen molar-refractivity contribution in [3.63, 3.8) is 0 Å². The molecule has 0 atom stereocenters. The Labute approximate surface area is 71.0 Å². The molecule has 0 heterocycles. The Balaban J connectivity index is 2.25. The molecule has 1 saturated carbocycles. The fourth-order valence-electron chi connectivity index (χ4n) is 1.66. The van der Waals surface area contributed by atoms with Crippen LogP contribution in [0.4, 0.5) is 0 Å².